The van der Waals surface area contributed by atoms with Crippen molar-refractivity contribution < 1.29 is 9.53 Å². The Morgan fingerprint density at radius 2 is 2.07 bits per heavy atom. The second-order valence-electron chi connectivity index (χ2n) is 6.37. The van der Waals surface area contributed by atoms with Crippen molar-refractivity contribution in [3.05, 3.63) is 70.4 Å². The summed E-state index contributed by atoms with van der Waals surface area (Å²) < 4.78 is 8.02. The van der Waals surface area contributed by atoms with Crippen molar-refractivity contribution in [2.24, 2.45) is 0 Å². The predicted molar refractivity (Wildman–Crippen MR) is 105 cm³/mol. The van der Waals surface area contributed by atoms with Gasteiger partial charge in [0.25, 0.3) is 5.91 Å². The number of methoxy groups -OCH3 is 1. The van der Waals surface area contributed by atoms with Crippen LogP contribution in [0.2, 0.25) is 0 Å². The molecule has 4 rings (SSSR count). The topological polar surface area (TPSA) is 90.5 Å². The lowest BCUT2D eigenvalue weighted by atomic mass is 10.1. The first-order valence-corrected chi connectivity index (χ1v) is 8.84. The summed E-state index contributed by atoms with van der Waals surface area (Å²) in [5.41, 5.74) is 2.24. The van der Waals surface area contributed by atoms with Crippen molar-refractivity contribution in [3.63, 3.8) is 0 Å². The maximum atomic E-state index is 12.6. The quantitative estimate of drug-likeness (QED) is 0.573. The van der Waals surface area contributed by atoms with Gasteiger partial charge in [0.2, 0.25) is 0 Å². The Kier molecular flexibility index (Phi) is 4.52. The first-order valence-electron chi connectivity index (χ1n) is 8.84. The highest BCUT2D eigenvalue weighted by Gasteiger charge is 2.13. The summed E-state index contributed by atoms with van der Waals surface area (Å²) in [6.45, 7) is 2.35. The lowest BCUT2D eigenvalue weighted by Crippen LogP contribution is -2.31. The molecule has 8 heteroatoms. The maximum absolute atomic E-state index is 12.6. The zero-order valence-corrected chi connectivity index (χ0v) is 15.5. The van der Waals surface area contributed by atoms with Gasteiger partial charge in [-0.3, -0.25) is 14.2 Å². The maximum Gasteiger partial charge on any atom is 0.350 e. The number of rotatable bonds is 5. The van der Waals surface area contributed by atoms with Gasteiger partial charge >= 0.3 is 5.69 Å². The number of nitrogens with one attached hydrogen (secondary N) is 1. The Labute approximate surface area is 160 Å². The summed E-state index contributed by atoms with van der Waals surface area (Å²) in [5.74, 6) is 0.481. The van der Waals surface area contributed by atoms with E-state index in [4.69, 9.17) is 4.74 Å². The van der Waals surface area contributed by atoms with Crippen LogP contribution in [0.25, 0.3) is 16.6 Å². The number of carbonyl (C=O) groups excluding carboxylic acids is 1. The molecular formula is C20H19N5O3. The summed E-state index contributed by atoms with van der Waals surface area (Å²) in [6.07, 6.45) is 1.67. The third-order valence-electron chi connectivity index (χ3n) is 4.56. The third kappa shape index (κ3) is 3.20. The number of nitrogens with zero attached hydrogens (tertiary/aromatic N) is 4. The number of benzene rings is 1. The fourth-order valence-corrected chi connectivity index (χ4v) is 3.08. The third-order valence-corrected chi connectivity index (χ3v) is 4.56. The van der Waals surface area contributed by atoms with E-state index in [-0.39, 0.29) is 24.7 Å². The van der Waals surface area contributed by atoms with Crippen LogP contribution >= 0.6 is 0 Å². The van der Waals surface area contributed by atoms with Gasteiger partial charge in [-0.05, 0) is 37.3 Å². The van der Waals surface area contributed by atoms with Crippen LogP contribution in [0.4, 0.5) is 0 Å². The van der Waals surface area contributed by atoms with Crippen molar-refractivity contribution >= 4 is 22.5 Å². The van der Waals surface area contributed by atoms with Gasteiger partial charge in [-0.1, -0.05) is 6.07 Å². The lowest BCUT2D eigenvalue weighted by Gasteiger charge is -2.09. The minimum atomic E-state index is -0.237. The molecule has 1 N–H and O–H groups in total. The van der Waals surface area contributed by atoms with Crippen LogP contribution < -0.4 is 15.7 Å². The number of carbonyl (C=O) groups is 1. The van der Waals surface area contributed by atoms with Crippen molar-refractivity contribution in [1.29, 1.82) is 0 Å². The average Bonchev–Trinajstić information content (AvgIpc) is 3.03. The zero-order chi connectivity index (χ0) is 19.7. The van der Waals surface area contributed by atoms with E-state index in [0.29, 0.717) is 16.9 Å². The molecule has 4 aromatic rings. The van der Waals surface area contributed by atoms with Crippen LogP contribution in [0.5, 0.6) is 5.75 Å². The molecule has 28 heavy (non-hydrogen) atoms. The molecule has 0 aliphatic carbocycles. The molecule has 1 amide bonds. The van der Waals surface area contributed by atoms with Crippen LogP contribution in [0, 0.1) is 6.92 Å². The highest BCUT2D eigenvalue weighted by atomic mass is 16.5. The van der Waals surface area contributed by atoms with Crippen LogP contribution in [-0.4, -0.2) is 38.7 Å². The minimum Gasteiger partial charge on any atom is -0.497 e. The Morgan fingerprint density at radius 1 is 1.21 bits per heavy atom. The zero-order valence-electron chi connectivity index (χ0n) is 15.5. The molecule has 0 aliphatic heterocycles. The second-order valence-corrected chi connectivity index (χ2v) is 6.37. The predicted octanol–water partition coefficient (Wildman–Crippen LogP) is 1.79. The molecule has 0 atom stereocenters. The molecule has 0 bridgehead atoms. The van der Waals surface area contributed by atoms with Gasteiger partial charge in [0.05, 0.1) is 30.4 Å². The SMILES string of the molecule is COc1ccc2cc(C(=O)NCCn3nc4ccccn4c3=O)c(C)nc2c1. The molecule has 8 nitrogen and oxygen atoms in total. The van der Waals surface area contributed by atoms with Crippen LogP contribution in [0.1, 0.15) is 16.1 Å². The monoisotopic (exact) mass is 377 g/mol. The number of aromatic nitrogens is 4. The first-order chi connectivity index (χ1) is 13.6. The summed E-state index contributed by atoms with van der Waals surface area (Å²) in [4.78, 5) is 29.4. The molecule has 3 heterocycles. The summed E-state index contributed by atoms with van der Waals surface area (Å²) >= 11 is 0. The molecule has 0 spiro atoms. The average molecular weight is 377 g/mol. The van der Waals surface area contributed by atoms with E-state index in [1.165, 1.54) is 9.08 Å². The van der Waals surface area contributed by atoms with Crippen molar-refractivity contribution in [3.8, 4) is 5.75 Å². The number of fused-ring (bicyclic) bond motifs is 2. The minimum absolute atomic E-state index is 0.234. The molecule has 3 aromatic heterocycles. The van der Waals surface area contributed by atoms with E-state index < -0.39 is 0 Å². The fraction of sp³-hybridized carbons (Fsp3) is 0.200. The van der Waals surface area contributed by atoms with Crippen molar-refractivity contribution in [2.45, 2.75) is 13.5 Å². The van der Waals surface area contributed by atoms with Crippen molar-refractivity contribution in [2.75, 3.05) is 13.7 Å². The van der Waals surface area contributed by atoms with Gasteiger partial charge in [0.1, 0.15) is 5.75 Å². The second kappa shape index (κ2) is 7.15. The van der Waals surface area contributed by atoms with Gasteiger partial charge in [0.15, 0.2) is 5.65 Å². The van der Waals surface area contributed by atoms with Crippen LogP contribution in [-0.2, 0) is 6.54 Å². The number of amides is 1. The highest BCUT2D eigenvalue weighted by Crippen LogP contribution is 2.21. The Balaban J connectivity index is 1.49. The lowest BCUT2D eigenvalue weighted by molar-refractivity contribution is 0.0951. The van der Waals surface area contributed by atoms with Gasteiger partial charge in [-0.15, -0.1) is 5.10 Å². The van der Waals surface area contributed by atoms with E-state index in [1.54, 1.807) is 32.4 Å². The van der Waals surface area contributed by atoms with Gasteiger partial charge < -0.3 is 10.1 Å². The highest BCUT2D eigenvalue weighted by molar-refractivity contribution is 5.98. The number of hydrogen-bond donors (Lipinski definition) is 1. The largest absolute Gasteiger partial charge is 0.497 e. The van der Waals surface area contributed by atoms with E-state index in [1.807, 2.05) is 30.3 Å². The van der Waals surface area contributed by atoms with E-state index >= 15 is 0 Å². The standard InChI is InChI=1S/C20H19N5O3/c1-13-16(11-14-6-7-15(28-2)12-17(14)22-13)19(26)21-8-10-25-20(27)24-9-4-3-5-18(24)23-25/h3-7,9,11-12H,8,10H2,1-2H3,(H,21,26). The van der Waals surface area contributed by atoms with Crippen molar-refractivity contribution in [1.82, 2.24) is 24.5 Å². The van der Waals surface area contributed by atoms with Gasteiger partial charge in [-0.2, -0.15) is 0 Å². The number of pyridine rings is 2. The Morgan fingerprint density at radius 3 is 2.86 bits per heavy atom. The smallest absolute Gasteiger partial charge is 0.350 e. The molecule has 0 aliphatic rings. The van der Waals surface area contributed by atoms with Crippen LogP contribution in [0.3, 0.4) is 0 Å². The van der Waals surface area contributed by atoms with E-state index in [0.717, 1.165) is 16.7 Å². The summed E-state index contributed by atoms with van der Waals surface area (Å²) in [5, 5.41) is 7.94. The molecule has 0 unspecified atom stereocenters. The van der Waals surface area contributed by atoms with E-state index in [9.17, 15) is 9.59 Å². The Hall–Kier alpha value is -3.68. The first kappa shape index (κ1) is 17.7. The van der Waals surface area contributed by atoms with E-state index in [2.05, 4.69) is 15.4 Å². The summed E-state index contributed by atoms with van der Waals surface area (Å²) in [6, 6.07) is 12.7. The molecular weight excluding hydrogens is 358 g/mol. The number of hydrogen-bond acceptors (Lipinski definition) is 5. The number of ether oxygens (including phenoxy) is 1. The molecule has 0 saturated heterocycles. The fourth-order valence-electron chi connectivity index (χ4n) is 3.08. The molecule has 1 aromatic carbocycles. The Bertz CT molecular complexity index is 1240. The summed E-state index contributed by atoms with van der Waals surface area (Å²) in [7, 11) is 1.60. The van der Waals surface area contributed by atoms with Gasteiger partial charge in [-0.25, -0.2) is 9.48 Å². The molecule has 142 valence electrons. The molecule has 0 fully saturated rings. The normalized spacial score (nSPS) is 11.1. The van der Waals surface area contributed by atoms with Gasteiger partial charge in [0, 0.05) is 24.2 Å². The molecule has 0 radical (unpaired) electrons. The van der Waals surface area contributed by atoms with Crippen LogP contribution in [0.15, 0.2) is 53.5 Å². The number of aryl methyl sites for hydroxylation is 1. The molecule has 0 saturated carbocycles.